The lowest BCUT2D eigenvalue weighted by atomic mass is 10.2. The molecule has 2 atom stereocenters. The molecule has 0 fully saturated rings. The van der Waals surface area contributed by atoms with E-state index >= 15 is 0 Å². The minimum atomic E-state index is -4.21. The van der Waals surface area contributed by atoms with E-state index in [1.807, 2.05) is 0 Å². The lowest BCUT2D eigenvalue weighted by Crippen LogP contribution is -2.52. The van der Waals surface area contributed by atoms with Crippen molar-refractivity contribution >= 4 is 49.0 Å². The first-order valence-corrected chi connectivity index (χ1v) is 24.0. The molecule has 0 radical (unpaired) electrons. The largest absolute Gasteiger partial charge is 0.455 e. The fourth-order valence-electron chi connectivity index (χ4n) is 4.30. The zero-order chi connectivity index (χ0) is 25.4. The number of hydrogen-bond acceptors (Lipinski definition) is 6. The molecule has 13 heteroatoms. The molecule has 32 heavy (non-hydrogen) atoms. The molecule has 0 aliphatic heterocycles. The van der Waals surface area contributed by atoms with Gasteiger partial charge < -0.3 is 29.0 Å². The number of nitrogens with one attached hydrogen (secondary N) is 2. The Balaban J connectivity index is 4.69. The molecule has 0 aliphatic rings. The maximum atomic E-state index is 11.6. The summed E-state index contributed by atoms with van der Waals surface area (Å²) in [6, 6.07) is 2.00. The summed E-state index contributed by atoms with van der Waals surface area (Å²) in [7, 11) is -5.39. The van der Waals surface area contributed by atoms with Gasteiger partial charge in [0.15, 0.2) is 25.0 Å². The molecule has 192 valence electrons. The molecule has 1 amide bonds. The van der Waals surface area contributed by atoms with Gasteiger partial charge in [-0.05, 0) is 95.6 Å². The van der Waals surface area contributed by atoms with Gasteiger partial charge in [0.25, 0.3) is 0 Å². The van der Waals surface area contributed by atoms with E-state index in [4.69, 9.17) is 18.3 Å². The van der Waals surface area contributed by atoms with Gasteiger partial charge in [-0.1, -0.05) is 6.92 Å². The summed E-state index contributed by atoms with van der Waals surface area (Å²) in [5.41, 5.74) is -0.201. The summed E-state index contributed by atoms with van der Waals surface area (Å²) >= 11 is 0.349. The van der Waals surface area contributed by atoms with Crippen LogP contribution in [0.5, 0.6) is 0 Å². The number of carbonyl (C=O) groups is 1. The van der Waals surface area contributed by atoms with Crippen molar-refractivity contribution in [3.8, 4) is 0 Å². The number of hydrogen-bond donors (Lipinski definition) is 4. The molecule has 8 nitrogen and oxygen atoms in total. The van der Waals surface area contributed by atoms with Crippen LogP contribution in [0.1, 0.15) is 20.8 Å². The summed E-state index contributed by atoms with van der Waals surface area (Å²) in [6.45, 7) is 20.0. The Bertz CT molecular complexity index is 640. The highest BCUT2D eigenvalue weighted by atomic mass is 32.7. The standard InChI is InChI=1S/C19H47N2O6PSSi3/c1-17(13-20-11-12-21-18(22)14-29-28(23,24)25)15-32(10,27-31(7,8)9)16-19(2,3)26-30(4,5)6/h17,20H,11-16H2,1-10H3,(H,21,22)(H2,23,24,25). The van der Waals surface area contributed by atoms with Crippen molar-refractivity contribution in [1.29, 1.82) is 0 Å². The van der Waals surface area contributed by atoms with E-state index in [1.165, 1.54) is 0 Å². The molecule has 0 aliphatic carbocycles. The second kappa shape index (κ2) is 13.0. The lowest BCUT2D eigenvalue weighted by Gasteiger charge is -2.43. The SMILES string of the molecule is CC(CNCCNC(=O)CSP(=O)(O)O)C[Si](C)(CC(C)(C)O[Si](C)(C)C)O[Si](C)(C)C. The van der Waals surface area contributed by atoms with Crippen LogP contribution in [0.4, 0.5) is 0 Å². The zero-order valence-corrected chi connectivity index (χ0v) is 26.4. The van der Waals surface area contributed by atoms with Crippen molar-refractivity contribution in [2.75, 3.05) is 25.4 Å². The van der Waals surface area contributed by atoms with Gasteiger partial charge in [0.1, 0.15) is 0 Å². The zero-order valence-electron chi connectivity index (χ0n) is 21.7. The highest BCUT2D eigenvalue weighted by molar-refractivity contribution is 8.54. The maximum absolute atomic E-state index is 11.6. The smallest absolute Gasteiger partial charge is 0.384 e. The average molecular weight is 547 g/mol. The molecule has 2 unspecified atom stereocenters. The third kappa shape index (κ3) is 18.9. The molecular formula is C19H47N2O6PSSi3. The topological polar surface area (TPSA) is 117 Å². The Morgan fingerprint density at radius 1 is 1.06 bits per heavy atom. The Hall–Kier alpha value is 0.501. The van der Waals surface area contributed by atoms with Crippen LogP contribution in [-0.4, -0.2) is 71.6 Å². The van der Waals surface area contributed by atoms with Crippen LogP contribution in [0.2, 0.25) is 57.9 Å². The van der Waals surface area contributed by atoms with E-state index in [2.05, 4.69) is 77.2 Å². The quantitative estimate of drug-likeness (QED) is 0.129. The van der Waals surface area contributed by atoms with Crippen molar-refractivity contribution < 1.29 is 27.7 Å². The monoisotopic (exact) mass is 546 g/mol. The van der Waals surface area contributed by atoms with Gasteiger partial charge in [-0.25, -0.2) is 4.57 Å². The molecule has 0 saturated heterocycles. The van der Waals surface area contributed by atoms with Crippen molar-refractivity contribution in [3.63, 3.8) is 0 Å². The Morgan fingerprint density at radius 2 is 1.62 bits per heavy atom. The first-order valence-electron chi connectivity index (χ1n) is 11.2. The summed E-state index contributed by atoms with van der Waals surface area (Å²) < 4.78 is 24.1. The maximum Gasteiger partial charge on any atom is 0.384 e. The van der Waals surface area contributed by atoms with E-state index < -0.39 is 31.7 Å². The van der Waals surface area contributed by atoms with Crippen LogP contribution >= 0.6 is 18.2 Å². The number of amides is 1. The molecule has 0 spiro atoms. The van der Waals surface area contributed by atoms with Crippen LogP contribution in [0, 0.1) is 5.92 Å². The summed E-state index contributed by atoms with van der Waals surface area (Å²) in [6.07, 6.45) is 0. The van der Waals surface area contributed by atoms with E-state index in [0.717, 1.165) is 18.6 Å². The molecular weight excluding hydrogens is 500 g/mol. The molecule has 0 bridgehead atoms. The van der Waals surface area contributed by atoms with Gasteiger partial charge in [-0.2, -0.15) is 0 Å². The predicted octanol–water partition coefficient (Wildman–Crippen LogP) is 4.21. The lowest BCUT2D eigenvalue weighted by molar-refractivity contribution is -0.118. The van der Waals surface area contributed by atoms with Crippen molar-refractivity contribution in [3.05, 3.63) is 0 Å². The highest BCUT2D eigenvalue weighted by Crippen LogP contribution is 2.49. The predicted molar refractivity (Wildman–Crippen MR) is 144 cm³/mol. The van der Waals surface area contributed by atoms with Gasteiger partial charge in [0.2, 0.25) is 5.91 Å². The van der Waals surface area contributed by atoms with Crippen LogP contribution in [-0.2, 0) is 17.9 Å². The fourth-order valence-corrected chi connectivity index (χ4v) is 17.6. The van der Waals surface area contributed by atoms with Crippen molar-refractivity contribution in [2.24, 2.45) is 5.92 Å². The van der Waals surface area contributed by atoms with Gasteiger partial charge in [-0.3, -0.25) is 4.79 Å². The van der Waals surface area contributed by atoms with Crippen molar-refractivity contribution in [1.82, 2.24) is 10.6 Å². The molecule has 0 heterocycles. The number of carbonyl (C=O) groups excluding carboxylic acids is 1. The highest BCUT2D eigenvalue weighted by Gasteiger charge is 2.42. The van der Waals surface area contributed by atoms with Gasteiger partial charge in [-0.15, -0.1) is 0 Å². The molecule has 0 aromatic carbocycles. The summed E-state index contributed by atoms with van der Waals surface area (Å²) in [5, 5.41) is 6.05. The molecule has 0 aromatic heterocycles. The van der Waals surface area contributed by atoms with Crippen LogP contribution in [0.25, 0.3) is 0 Å². The minimum absolute atomic E-state index is 0.201. The van der Waals surface area contributed by atoms with Crippen LogP contribution < -0.4 is 10.6 Å². The average Bonchev–Trinajstić information content (AvgIpc) is 2.46. The molecule has 0 saturated carbocycles. The van der Waals surface area contributed by atoms with E-state index in [0.29, 0.717) is 30.4 Å². The van der Waals surface area contributed by atoms with E-state index in [9.17, 15) is 9.36 Å². The first kappa shape index (κ1) is 32.5. The van der Waals surface area contributed by atoms with Gasteiger partial charge >= 0.3 is 6.80 Å². The molecule has 0 rings (SSSR count). The minimum Gasteiger partial charge on any atom is -0.455 e. The first-order chi connectivity index (χ1) is 14.1. The molecule has 4 N–H and O–H groups in total. The Kier molecular flexibility index (Phi) is 13.2. The molecule has 0 aromatic rings. The van der Waals surface area contributed by atoms with Crippen LogP contribution in [0.3, 0.4) is 0 Å². The fraction of sp³-hybridized carbons (Fsp3) is 0.947. The summed E-state index contributed by atoms with van der Waals surface area (Å²) in [4.78, 5) is 29.2. The summed E-state index contributed by atoms with van der Waals surface area (Å²) in [5.74, 6) is -0.193. The van der Waals surface area contributed by atoms with Crippen LogP contribution in [0.15, 0.2) is 0 Å². The second-order valence-corrected chi connectivity index (χ2v) is 28.3. The second-order valence-electron chi connectivity index (χ2n) is 11.4. The third-order valence-corrected chi connectivity index (χ3v) is 15.1. The van der Waals surface area contributed by atoms with Gasteiger partial charge in [0.05, 0.1) is 11.4 Å². The number of rotatable bonds is 16. The van der Waals surface area contributed by atoms with Gasteiger partial charge in [0, 0.05) is 13.1 Å². The third-order valence-electron chi connectivity index (χ3n) is 4.20. The Morgan fingerprint density at radius 3 is 2.09 bits per heavy atom. The van der Waals surface area contributed by atoms with E-state index in [-0.39, 0.29) is 17.3 Å². The van der Waals surface area contributed by atoms with E-state index in [1.54, 1.807) is 0 Å². The normalized spacial score (nSPS) is 16.5. The van der Waals surface area contributed by atoms with Crippen molar-refractivity contribution in [2.45, 2.75) is 84.3 Å². The Labute approximate surface area is 202 Å².